The third kappa shape index (κ3) is 4.18. The highest BCUT2D eigenvalue weighted by molar-refractivity contribution is 5.97. The Kier molecular flexibility index (Phi) is 4.44. The largest absolute Gasteiger partial charge is 0.378 e. The molecule has 0 aliphatic rings. The van der Waals surface area contributed by atoms with Crippen molar-refractivity contribution in [1.29, 1.82) is 0 Å². The van der Waals surface area contributed by atoms with Gasteiger partial charge in [-0.25, -0.2) is 0 Å². The van der Waals surface area contributed by atoms with Gasteiger partial charge in [-0.3, -0.25) is 9.59 Å². The molecule has 1 aromatic carbocycles. The van der Waals surface area contributed by atoms with Crippen molar-refractivity contribution in [2.45, 2.75) is 26.4 Å². The first kappa shape index (κ1) is 14.2. The van der Waals surface area contributed by atoms with Gasteiger partial charge >= 0.3 is 0 Å². The van der Waals surface area contributed by atoms with Crippen LogP contribution in [-0.2, 0) is 9.59 Å². The quantitative estimate of drug-likeness (QED) is 0.740. The molecule has 3 N–H and O–H groups in total. The maximum atomic E-state index is 11.8. The fourth-order valence-corrected chi connectivity index (χ4v) is 1.28. The molecule has 5 nitrogen and oxygen atoms in total. The van der Waals surface area contributed by atoms with E-state index in [9.17, 15) is 14.7 Å². The number of carbonyl (C=O) groups is 2. The van der Waals surface area contributed by atoms with Crippen molar-refractivity contribution in [2.75, 3.05) is 11.9 Å². The third-order valence-electron chi connectivity index (χ3n) is 2.48. The monoisotopic (exact) mass is 250 g/mol. The van der Waals surface area contributed by atoms with Crippen LogP contribution >= 0.6 is 0 Å². The van der Waals surface area contributed by atoms with Gasteiger partial charge in [0.15, 0.2) is 5.60 Å². The molecule has 18 heavy (non-hydrogen) atoms. The zero-order valence-electron chi connectivity index (χ0n) is 10.8. The Morgan fingerprint density at radius 2 is 1.83 bits per heavy atom. The van der Waals surface area contributed by atoms with E-state index in [0.29, 0.717) is 5.69 Å². The number of aryl methyl sites for hydroxylation is 1. The first-order valence-electron chi connectivity index (χ1n) is 5.66. The predicted octanol–water partition coefficient (Wildman–Crippen LogP) is 0.821. The van der Waals surface area contributed by atoms with E-state index in [-0.39, 0.29) is 12.5 Å². The van der Waals surface area contributed by atoms with Crippen LogP contribution in [0.5, 0.6) is 0 Å². The highest BCUT2D eigenvalue weighted by atomic mass is 16.3. The third-order valence-corrected chi connectivity index (χ3v) is 2.48. The van der Waals surface area contributed by atoms with Gasteiger partial charge in [0.2, 0.25) is 5.91 Å². The van der Waals surface area contributed by atoms with E-state index in [1.54, 1.807) is 12.1 Å². The van der Waals surface area contributed by atoms with Crippen molar-refractivity contribution in [3.63, 3.8) is 0 Å². The Hall–Kier alpha value is -1.88. The average molecular weight is 250 g/mol. The Morgan fingerprint density at radius 1 is 1.28 bits per heavy atom. The van der Waals surface area contributed by atoms with Crippen molar-refractivity contribution in [2.24, 2.45) is 0 Å². The Balaban J connectivity index is 2.63. The van der Waals surface area contributed by atoms with Gasteiger partial charge in [0.1, 0.15) is 0 Å². The molecule has 0 heterocycles. The van der Waals surface area contributed by atoms with Gasteiger partial charge in [-0.15, -0.1) is 0 Å². The molecule has 0 saturated carbocycles. The summed E-state index contributed by atoms with van der Waals surface area (Å²) in [5.41, 5.74) is 0.0445. The average Bonchev–Trinajstić information content (AvgIpc) is 2.29. The second kappa shape index (κ2) is 5.64. The molecular formula is C13H18N2O3. The number of anilines is 1. The smallest absolute Gasteiger partial charge is 0.257 e. The molecule has 98 valence electrons. The lowest BCUT2D eigenvalue weighted by Crippen LogP contribution is -2.49. The zero-order chi connectivity index (χ0) is 13.8. The van der Waals surface area contributed by atoms with E-state index < -0.39 is 11.5 Å². The molecule has 1 atom stereocenters. The number of aliphatic hydroxyl groups is 1. The number of nitrogens with one attached hydrogen (secondary N) is 2. The minimum atomic E-state index is -1.64. The van der Waals surface area contributed by atoms with Crippen LogP contribution < -0.4 is 10.6 Å². The van der Waals surface area contributed by atoms with E-state index in [1.807, 2.05) is 19.1 Å². The fourth-order valence-electron chi connectivity index (χ4n) is 1.28. The summed E-state index contributed by atoms with van der Waals surface area (Å²) < 4.78 is 0. The van der Waals surface area contributed by atoms with Gasteiger partial charge in [-0.2, -0.15) is 0 Å². The standard InChI is InChI=1S/C13H18N2O3/c1-9-4-6-11(7-5-9)15-12(17)13(3,18)8-14-10(2)16/h4-7,18H,8H2,1-3H3,(H,14,16)(H,15,17). The molecule has 1 unspecified atom stereocenters. The summed E-state index contributed by atoms with van der Waals surface area (Å²) in [6.45, 7) is 4.50. The van der Waals surface area contributed by atoms with Crippen LogP contribution in [0.15, 0.2) is 24.3 Å². The second-order valence-corrected chi connectivity index (χ2v) is 4.50. The number of amides is 2. The number of carbonyl (C=O) groups excluding carboxylic acids is 2. The summed E-state index contributed by atoms with van der Waals surface area (Å²) >= 11 is 0. The molecule has 2 amide bonds. The lowest BCUT2D eigenvalue weighted by Gasteiger charge is -2.22. The Bertz CT molecular complexity index is 438. The molecule has 0 radical (unpaired) electrons. The molecule has 0 spiro atoms. The molecule has 1 aromatic rings. The molecule has 0 aromatic heterocycles. The fraction of sp³-hybridized carbons (Fsp3) is 0.385. The molecule has 5 heteroatoms. The normalized spacial score (nSPS) is 13.6. The van der Waals surface area contributed by atoms with E-state index in [0.717, 1.165) is 5.56 Å². The molecule has 0 fully saturated rings. The first-order valence-corrected chi connectivity index (χ1v) is 5.66. The van der Waals surface area contributed by atoms with Gasteiger partial charge in [0, 0.05) is 12.6 Å². The van der Waals surface area contributed by atoms with Gasteiger partial charge in [0.05, 0.1) is 6.54 Å². The Morgan fingerprint density at radius 3 is 2.33 bits per heavy atom. The number of benzene rings is 1. The van der Waals surface area contributed by atoms with Crippen molar-refractivity contribution >= 4 is 17.5 Å². The lowest BCUT2D eigenvalue weighted by atomic mass is 10.1. The molecule has 1 rings (SSSR count). The summed E-state index contributed by atoms with van der Waals surface area (Å²) in [6.07, 6.45) is 0. The van der Waals surface area contributed by atoms with Crippen LogP contribution in [0, 0.1) is 6.92 Å². The highest BCUT2D eigenvalue weighted by Gasteiger charge is 2.30. The Labute approximate surface area is 106 Å². The lowest BCUT2D eigenvalue weighted by molar-refractivity contribution is -0.133. The second-order valence-electron chi connectivity index (χ2n) is 4.50. The highest BCUT2D eigenvalue weighted by Crippen LogP contribution is 2.12. The van der Waals surface area contributed by atoms with Crippen LogP contribution in [0.2, 0.25) is 0 Å². The van der Waals surface area contributed by atoms with E-state index >= 15 is 0 Å². The maximum absolute atomic E-state index is 11.8. The summed E-state index contributed by atoms with van der Waals surface area (Å²) in [4.78, 5) is 22.6. The van der Waals surface area contributed by atoms with Gasteiger partial charge in [0.25, 0.3) is 5.91 Å². The van der Waals surface area contributed by atoms with Crippen LogP contribution in [-0.4, -0.2) is 29.1 Å². The number of rotatable bonds is 4. The zero-order valence-corrected chi connectivity index (χ0v) is 10.8. The molecule has 0 aliphatic heterocycles. The van der Waals surface area contributed by atoms with E-state index in [4.69, 9.17) is 0 Å². The summed E-state index contributed by atoms with van der Waals surface area (Å²) in [6, 6.07) is 7.22. The van der Waals surface area contributed by atoms with Crippen molar-refractivity contribution < 1.29 is 14.7 Å². The van der Waals surface area contributed by atoms with Crippen LogP contribution in [0.1, 0.15) is 19.4 Å². The van der Waals surface area contributed by atoms with E-state index in [2.05, 4.69) is 10.6 Å². The summed E-state index contributed by atoms with van der Waals surface area (Å²) in [7, 11) is 0. The number of hydrogen-bond donors (Lipinski definition) is 3. The maximum Gasteiger partial charge on any atom is 0.257 e. The van der Waals surface area contributed by atoms with Crippen molar-refractivity contribution in [1.82, 2.24) is 5.32 Å². The van der Waals surface area contributed by atoms with Gasteiger partial charge in [-0.05, 0) is 26.0 Å². The summed E-state index contributed by atoms with van der Waals surface area (Å²) in [5.74, 6) is -0.849. The van der Waals surface area contributed by atoms with Gasteiger partial charge in [-0.1, -0.05) is 17.7 Å². The van der Waals surface area contributed by atoms with Crippen molar-refractivity contribution in [3.8, 4) is 0 Å². The van der Waals surface area contributed by atoms with Crippen molar-refractivity contribution in [3.05, 3.63) is 29.8 Å². The molecular weight excluding hydrogens is 232 g/mol. The molecule has 0 bridgehead atoms. The minimum Gasteiger partial charge on any atom is -0.378 e. The minimum absolute atomic E-state index is 0.125. The number of hydrogen-bond acceptors (Lipinski definition) is 3. The predicted molar refractivity (Wildman–Crippen MR) is 69.1 cm³/mol. The van der Waals surface area contributed by atoms with Crippen LogP contribution in [0.25, 0.3) is 0 Å². The van der Waals surface area contributed by atoms with Crippen LogP contribution in [0.3, 0.4) is 0 Å². The molecule has 0 aliphatic carbocycles. The topological polar surface area (TPSA) is 78.4 Å². The molecule has 0 saturated heterocycles. The summed E-state index contributed by atoms with van der Waals surface area (Å²) in [5, 5.41) is 14.9. The van der Waals surface area contributed by atoms with Gasteiger partial charge < -0.3 is 15.7 Å². The SMILES string of the molecule is CC(=O)NCC(C)(O)C(=O)Nc1ccc(C)cc1. The first-order chi connectivity index (χ1) is 8.31. The van der Waals surface area contributed by atoms with Crippen LogP contribution in [0.4, 0.5) is 5.69 Å². The van der Waals surface area contributed by atoms with E-state index in [1.165, 1.54) is 13.8 Å².